The highest BCUT2D eigenvalue weighted by Gasteiger charge is 2.11. The summed E-state index contributed by atoms with van der Waals surface area (Å²) in [6, 6.07) is 13.0. The number of amides is 1. The number of hydrogen-bond acceptors (Lipinski definition) is 3. The summed E-state index contributed by atoms with van der Waals surface area (Å²) in [5.74, 6) is -0.280. The number of rotatable bonds is 6. The SMILES string of the molecule is Cc1cccc(NC(=O)COC(=O)c2ccc(CC(C)C)cc2)c1C. The number of anilines is 1. The predicted molar refractivity (Wildman–Crippen MR) is 99.8 cm³/mol. The van der Waals surface area contributed by atoms with Crippen LogP contribution in [-0.2, 0) is 16.0 Å². The second kappa shape index (κ2) is 8.47. The van der Waals surface area contributed by atoms with E-state index in [1.54, 1.807) is 12.1 Å². The Morgan fingerprint density at radius 2 is 1.72 bits per heavy atom. The molecule has 2 aromatic rings. The first kappa shape index (κ1) is 18.7. The molecule has 25 heavy (non-hydrogen) atoms. The zero-order valence-corrected chi connectivity index (χ0v) is 15.3. The van der Waals surface area contributed by atoms with Gasteiger partial charge in [0.1, 0.15) is 0 Å². The minimum atomic E-state index is -0.493. The molecule has 0 unspecified atom stereocenters. The minimum absolute atomic E-state index is 0.306. The van der Waals surface area contributed by atoms with Crippen molar-refractivity contribution in [2.75, 3.05) is 11.9 Å². The van der Waals surface area contributed by atoms with Crippen molar-refractivity contribution >= 4 is 17.6 Å². The lowest BCUT2D eigenvalue weighted by atomic mass is 10.0. The molecule has 4 heteroatoms. The molecule has 0 fully saturated rings. The maximum Gasteiger partial charge on any atom is 0.338 e. The van der Waals surface area contributed by atoms with Gasteiger partial charge in [-0.05, 0) is 61.1 Å². The quantitative estimate of drug-likeness (QED) is 0.799. The number of carbonyl (C=O) groups excluding carboxylic acids is 2. The number of ether oxygens (including phenoxy) is 1. The topological polar surface area (TPSA) is 55.4 Å². The summed E-state index contributed by atoms with van der Waals surface area (Å²) in [5.41, 5.74) is 4.46. The van der Waals surface area contributed by atoms with E-state index in [9.17, 15) is 9.59 Å². The number of aryl methyl sites for hydroxylation is 1. The normalized spacial score (nSPS) is 10.6. The highest BCUT2D eigenvalue weighted by molar-refractivity contribution is 5.96. The molecule has 0 aliphatic rings. The zero-order valence-electron chi connectivity index (χ0n) is 15.3. The number of carbonyl (C=O) groups is 2. The van der Waals surface area contributed by atoms with Crippen molar-refractivity contribution in [3.8, 4) is 0 Å². The summed E-state index contributed by atoms with van der Waals surface area (Å²) in [6.07, 6.45) is 0.966. The Hall–Kier alpha value is -2.62. The Bertz CT molecular complexity index is 748. The van der Waals surface area contributed by atoms with Crippen molar-refractivity contribution in [2.45, 2.75) is 34.1 Å². The standard InChI is InChI=1S/C21H25NO3/c1-14(2)12-17-8-10-18(11-9-17)21(24)25-13-20(23)22-19-7-5-6-15(3)16(19)4/h5-11,14H,12-13H2,1-4H3,(H,22,23). The second-order valence-corrected chi connectivity index (χ2v) is 6.67. The molecule has 0 aliphatic carbocycles. The van der Waals surface area contributed by atoms with Crippen LogP contribution in [0.25, 0.3) is 0 Å². The van der Waals surface area contributed by atoms with Gasteiger partial charge in [-0.2, -0.15) is 0 Å². The number of esters is 1. The molecule has 2 aromatic carbocycles. The third-order valence-corrected chi connectivity index (χ3v) is 4.05. The van der Waals surface area contributed by atoms with E-state index in [1.807, 2.05) is 44.2 Å². The lowest BCUT2D eigenvalue weighted by molar-refractivity contribution is -0.119. The maximum absolute atomic E-state index is 12.1. The number of nitrogens with one attached hydrogen (secondary N) is 1. The molecule has 0 bridgehead atoms. The van der Waals surface area contributed by atoms with E-state index in [0.717, 1.165) is 23.2 Å². The Kier molecular flexibility index (Phi) is 6.34. The molecular formula is C21H25NO3. The van der Waals surface area contributed by atoms with E-state index in [2.05, 4.69) is 19.2 Å². The van der Waals surface area contributed by atoms with Crippen LogP contribution in [0.5, 0.6) is 0 Å². The van der Waals surface area contributed by atoms with Crippen molar-refractivity contribution in [2.24, 2.45) is 5.92 Å². The van der Waals surface area contributed by atoms with Crippen LogP contribution in [0.1, 0.15) is 40.9 Å². The fourth-order valence-electron chi connectivity index (χ4n) is 2.54. The van der Waals surface area contributed by atoms with E-state index in [0.29, 0.717) is 11.5 Å². The third-order valence-electron chi connectivity index (χ3n) is 4.05. The smallest absolute Gasteiger partial charge is 0.338 e. The highest BCUT2D eigenvalue weighted by Crippen LogP contribution is 2.17. The summed E-state index contributed by atoms with van der Waals surface area (Å²) in [5, 5.41) is 2.77. The van der Waals surface area contributed by atoms with E-state index in [4.69, 9.17) is 4.74 Å². The molecule has 0 saturated heterocycles. The molecule has 0 spiro atoms. The molecule has 0 atom stereocenters. The van der Waals surface area contributed by atoms with Gasteiger partial charge in [0.25, 0.3) is 5.91 Å². The van der Waals surface area contributed by atoms with Crippen LogP contribution in [0.15, 0.2) is 42.5 Å². The third kappa shape index (κ3) is 5.45. The molecule has 1 amide bonds. The Labute approximate surface area is 149 Å². The first-order valence-electron chi connectivity index (χ1n) is 8.49. The van der Waals surface area contributed by atoms with Gasteiger partial charge in [0.05, 0.1) is 5.56 Å². The van der Waals surface area contributed by atoms with Crippen LogP contribution in [-0.4, -0.2) is 18.5 Å². The molecular weight excluding hydrogens is 314 g/mol. The van der Waals surface area contributed by atoms with Gasteiger partial charge in [0.2, 0.25) is 0 Å². The van der Waals surface area contributed by atoms with E-state index in [1.165, 1.54) is 5.56 Å². The average molecular weight is 339 g/mol. The van der Waals surface area contributed by atoms with Gasteiger partial charge in [0, 0.05) is 5.69 Å². The van der Waals surface area contributed by atoms with E-state index < -0.39 is 5.97 Å². The largest absolute Gasteiger partial charge is 0.452 e. The summed E-state index contributed by atoms with van der Waals surface area (Å²) in [6.45, 7) is 7.91. The summed E-state index contributed by atoms with van der Waals surface area (Å²) < 4.78 is 5.10. The van der Waals surface area contributed by atoms with E-state index >= 15 is 0 Å². The molecule has 4 nitrogen and oxygen atoms in total. The Morgan fingerprint density at radius 1 is 1.04 bits per heavy atom. The van der Waals surface area contributed by atoms with Crippen LogP contribution in [0.2, 0.25) is 0 Å². The molecule has 0 heterocycles. The summed E-state index contributed by atoms with van der Waals surface area (Å²) in [7, 11) is 0. The van der Waals surface area contributed by atoms with Gasteiger partial charge in [0.15, 0.2) is 6.61 Å². The van der Waals surface area contributed by atoms with Crippen molar-refractivity contribution in [1.29, 1.82) is 0 Å². The first-order chi connectivity index (χ1) is 11.9. The Balaban J connectivity index is 1.88. The molecule has 2 rings (SSSR count). The second-order valence-electron chi connectivity index (χ2n) is 6.67. The molecule has 0 aliphatic heterocycles. The van der Waals surface area contributed by atoms with Crippen LogP contribution >= 0.6 is 0 Å². The average Bonchev–Trinajstić information content (AvgIpc) is 2.57. The van der Waals surface area contributed by atoms with Crippen LogP contribution in [0.3, 0.4) is 0 Å². The van der Waals surface area contributed by atoms with Gasteiger partial charge in [-0.1, -0.05) is 38.1 Å². The van der Waals surface area contributed by atoms with Crippen LogP contribution in [0.4, 0.5) is 5.69 Å². The van der Waals surface area contributed by atoms with Gasteiger partial charge in [-0.15, -0.1) is 0 Å². The summed E-state index contributed by atoms with van der Waals surface area (Å²) in [4.78, 5) is 24.1. The lowest BCUT2D eigenvalue weighted by Crippen LogP contribution is -2.21. The van der Waals surface area contributed by atoms with Gasteiger partial charge in [-0.3, -0.25) is 4.79 Å². The van der Waals surface area contributed by atoms with E-state index in [-0.39, 0.29) is 12.5 Å². The van der Waals surface area contributed by atoms with Gasteiger partial charge in [-0.25, -0.2) is 4.79 Å². The molecule has 0 aromatic heterocycles. The maximum atomic E-state index is 12.1. The highest BCUT2D eigenvalue weighted by atomic mass is 16.5. The first-order valence-corrected chi connectivity index (χ1v) is 8.49. The van der Waals surface area contributed by atoms with Crippen molar-refractivity contribution in [3.63, 3.8) is 0 Å². The lowest BCUT2D eigenvalue weighted by Gasteiger charge is -2.11. The van der Waals surface area contributed by atoms with Crippen LogP contribution in [0, 0.1) is 19.8 Å². The zero-order chi connectivity index (χ0) is 18.4. The number of benzene rings is 2. The fourth-order valence-corrected chi connectivity index (χ4v) is 2.54. The fraction of sp³-hybridized carbons (Fsp3) is 0.333. The van der Waals surface area contributed by atoms with Gasteiger partial charge >= 0.3 is 5.97 Å². The van der Waals surface area contributed by atoms with Crippen LogP contribution < -0.4 is 5.32 Å². The molecule has 0 radical (unpaired) electrons. The van der Waals surface area contributed by atoms with Crippen molar-refractivity contribution in [3.05, 3.63) is 64.7 Å². The van der Waals surface area contributed by atoms with Gasteiger partial charge < -0.3 is 10.1 Å². The monoisotopic (exact) mass is 339 g/mol. The van der Waals surface area contributed by atoms with Crippen molar-refractivity contribution < 1.29 is 14.3 Å². The Morgan fingerprint density at radius 3 is 2.36 bits per heavy atom. The molecule has 0 saturated carbocycles. The predicted octanol–water partition coefficient (Wildman–Crippen LogP) is 4.30. The minimum Gasteiger partial charge on any atom is -0.452 e. The number of hydrogen-bond donors (Lipinski definition) is 1. The summed E-state index contributed by atoms with van der Waals surface area (Å²) >= 11 is 0. The molecule has 132 valence electrons. The van der Waals surface area contributed by atoms with Crippen molar-refractivity contribution in [1.82, 2.24) is 0 Å². The molecule has 1 N–H and O–H groups in total.